The van der Waals surface area contributed by atoms with Crippen LogP contribution in [0.3, 0.4) is 0 Å². The second-order valence-electron chi connectivity index (χ2n) is 4.81. The Kier molecular flexibility index (Phi) is 3.92. The molecule has 0 radical (unpaired) electrons. The van der Waals surface area contributed by atoms with Gasteiger partial charge in [0.05, 0.1) is 26.3 Å². The molecule has 2 aliphatic rings. The van der Waals surface area contributed by atoms with Gasteiger partial charge in [-0.25, -0.2) is 0 Å². The van der Waals surface area contributed by atoms with Gasteiger partial charge in [-0.3, -0.25) is 9.69 Å². The fourth-order valence-corrected chi connectivity index (χ4v) is 5.50. The highest BCUT2D eigenvalue weighted by molar-refractivity contribution is 9.12. The SMILES string of the molecule is O=C(CN1CC2CCC(C1)O2)c1cc(Br)sc1Br. The van der Waals surface area contributed by atoms with E-state index in [1.807, 2.05) is 6.07 Å². The van der Waals surface area contributed by atoms with Crippen LogP contribution in [0.1, 0.15) is 23.2 Å². The molecule has 0 amide bonds. The first kappa shape index (κ1) is 13.2. The van der Waals surface area contributed by atoms with Gasteiger partial charge in [0.1, 0.15) is 0 Å². The Morgan fingerprint density at radius 3 is 2.61 bits per heavy atom. The molecule has 3 heterocycles. The number of ketones is 1. The zero-order valence-corrected chi connectivity index (χ0v) is 13.7. The highest BCUT2D eigenvalue weighted by Crippen LogP contribution is 2.32. The van der Waals surface area contributed by atoms with Crippen LogP contribution in [0.2, 0.25) is 0 Å². The van der Waals surface area contributed by atoms with Crippen LogP contribution in [-0.2, 0) is 4.74 Å². The third-order valence-corrected chi connectivity index (χ3v) is 5.78. The lowest BCUT2D eigenvalue weighted by Gasteiger charge is -2.31. The quantitative estimate of drug-likeness (QED) is 0.736. The van der Waals surface area contributed by atoms with Crippen molar-refractivity contribution in [1.29, 1.82) is 0 Å². The van der Waals surface area contributed by atoms with Crippen molar-refractivity contribution in [3.63, 3.8) is 0 Å². The summed E-state index contributed by atoms with van der Waals surface area (Å²) in [5, 5.41) is 0. The number of rotatable bonds is 3. The largest absolute Gasteiger partial charge is 0.372 e. The predicted molar refractivity (Wildman–Crippen MR) is 78.4 cm³/mol. The predicted octanol–water partition coefficient (Wildman–Crippen LogP) is 3.32. The van der Waals surface area contributed by atoms with Crippen LogP contribution in [0, 0.1) is 0 Å². The van der Waals surface area contributed by atoms with Crippen molar-refractivity contribution in [1.82, 2.24) is 4.90 Å². The van der Waals surface area contributed by atoms with Gasteiger partial charge in [-0.15, -0.1) is 11.3 Å². The number of hydrogen-bond acceptors (Lipinski definition) is 4. The van der Waals surface area contributed by atoms with E-state index in [1.54, 1.807) is 11.3 Å². The van der Waals surface area contributed by atoms with Crippen LogP contribution in [0.4, 0.5) is 0 Å². The first-order valence-corrected chi connectivity index (χ1v) is 8.38. The molecule has 18 heavy (non-hydrogen) atoms. The van der Waals surface area contributed by atoms with Crippen LogP contribution in [0.25, 0.3) is 0 Å². The number of carbonyl (C=O) groups is 1. The fraction of sp³-hybridized carbons (Fsp3) is 0.583. The molecule has 2 aliphatic heterocycles. The standard InChI is InChI=1S/C12H13Br2NO2S/c13-11-3-9(12(14)18-11)10(16)6-15-4-7-1-2-8(5-15)17-7/h3,7-8H,1-2,4-6H2. The Morgan fingerprint density at radius 2 is 2.06 bits per heavy atom. The summed E-state index contributed by atoms with van der Waals surface area (Å²) in [6.07, 6.45) is 2.97. The van der Waals surface area contributed by atoms with Gasteiger partial charge in [0.2, 0.25) is 0 Å². The molecular formula is C12H13Br2NO2S. The highest BCUT2D eigenvalue weighted by atomic mass is 79.9. The van der Waals surface area contributed by atoms with Gasteiger partial charge in [-0.2, -0.15) is 0 Å². The molecule has 6 heteroatoms. The summed E-state index contributed by atoms with van der Waals surface area (Å²) in [5.41, 5.74) is 0.783. The van der Waals surface area contributed by atoms with E-state index < -0.39 is 0 Å². The molecule has 1 aromatic heterocycles. The van der Waals surface area contributed by atoms with Crippen molar-refractivity contribution in [2.75, 3.05) is 19.6 Å². The highest BCUT2D eigenvalue weighted by Gasteiger charge is 2.34. The molecule has 3 nitrogen and oxygen atoms in total. The maximum atomic E-state index is 12.3. The van der Waals surface area contributed by atoms with Crippen LogP contribution < -0.4 is 0 Å². The van der Waals surface area contributed by atoms with E-state index in [0.717, 1.165) is 39.1 Å². The van der Waals surface area contributed by atoms with Gasteiger partial charge in [0, 0.05) is 18.7 Å². The lowest BCUT2D eigenvalue weighted by Crippen LogP contribution is -2.44. The molecule has 2 atom stereocenters. The van der Waals surface area contributed by atoms with Gasteiger partial charge in [0.25, 0.3) is 0 Å². The second kappa shape index (κ2) is 5.32. The van der Waals surface area contributed by atoms with Gasteiger partial charge in [0.15, 0.2) is 5.78 Å². The summed E-state index contributed by atoms with van der Waals surface area (Å²) in [6.45, 7) is 2.29. The molecule has 3 rings (SSSR count). The van der Waals surface area contributed by atoms with Crippen molar-refractivity contribution in [2.45, 2.75) is 25.0 Å². The summed E-state index contributed by atoms with van der Waals surface area (Å²) in [5.74, 6) is 0.185. The number of Topliss-reactive ketones (excluding diaryl/α,β-unsaturated/α-hetero) is 1. The molecule has 2 bridgehead atoms. The number of halogens is 2. The van der Waals surface area contributed by atoms with Crippen molar-refractivity contribution >= 4 is 49.0 Å². The third-order valence-electron chi connectivity index (χ3n) is 3.44. The van der Waals surface area contributed by atoms with Gasteiger partial charge < -0.3 is 4.74 Å². The van der Waals surface area contributed by atoms with Gasteiger partial charge in [-0.05, 0) is 50.8 Å². The van der Waals surface area contributed by atoms with Gasteiger partial charge >= 0.3 is 0 Å². The number of carbonyl (C=O) groups excluding carboxylic acids is 1. The number of fused-ring (bicyclic) bond motifs is 2. The zero-order valence-electron chi connectivity index (χ0n) is 9.70. The minimum Gasteiger partial charge on any atom is -0.372 e. The number of ether oxygens (including phenoxy) is 1. The number of thiophene rings is 1. The summed E-state index contributed by atoms with van der Waals surface area (Å²) >= 11 is 8.39. The minimum absolute atomic E-state index is 0.185. The molecule has 0 spiro atoms. The second-order valence-corrected chi connectivity index (χ2v) is 8.56. The van der Waals surface area contributed by atoms with Gasteiger partial charge in [-0.1, -0.05) is 0 Å². The Balaban J connectivity index is 1.66. The molecule has 0 aliphatic carbocycles. The Morgan fingerprint density at radius 1 is 1.39 bits per heavy atom. The van der Waals surface area contributed by atoms with Crippen LogP contribution in [0.5, 0.6) is 0 Å². The van der Waals surface area contributed by atoms with Crippen LogP contribution in [0.15, 0.2) is 13.6 Å². The molecule has 0 N–H and O–H groups in total. The maximum Gasteiger partial charge on any atom is 0.178 e. The normalized spacial score (nSPS) is 27.7. The first-order valence-electron chi connectivity index (χ1n) is 5.97. The maximum absolute atomic E-state index is 12.3. The molecule has 0 saturated carbocycles. The number of morpholine rings is 1. The molecule has 0 aromatic carbocycles. The summed E-state index contributed by atoms with van der Waals surface area (Å²) in [7, 11) is 0. The van der Waals surface area contributed by atoms with E-state index in [-0.39, 0.29) is 5.78 Å². The van der Waals surface area contributed by atoms with E-state index in [0.29, 0.717) is 18.8 Å². The summed E-state index contributed by atoms with van der Waals surface area (Å²) in [4.78, 5) is 14.5. The van der Waals surface area contributed by atoms with Crippen molar-refractivity contribution < 1.29 is 9.53 Å². The van der Waals surface area contributed by atoms with E-state index in [2.05, 4.69) is 36.8 Å². The van der Waals surface area contributed by atoms with Crippen molar-refractivity contribution in [3.8, 4) is 0 Å². The van der Waals surface area contributed by atoms with Crippen LogP contribution in [-0.4, -0.2) is 42.5 Å². The smallest absolute Gasteiger partial charge is 0.178 e. The van der Waals surface area contributed by atoms with E-state index in [1.165, 1.54) is 0 Å². The molecule has 1 aromatic rings. The third kappa shape index (κ3) is 2.72. The molecule has 98 valence electrons. The lowest BCUT2D eigenvalue weighted by atomic mass is 10.2. The van der Waals surface area contributed by atoms with Crippen LogP contribution >= 0.6 is 43.2 Å². The molecule has 2 saturated heterocycles. The Labute approximate surface area is 127 Å². The Hall–Kier alpha value is 0.250. The molecule has 2 fully saturated rings. The van der Waals surface area contributed by atoms with E-state index in [4.69, 9.17) is 4.74 Å². The summed E-state index contributed by atoms with van der Waals surface area (Å²) < 4.78 is 7.67. The lowest BCUT2D eigenvalue weighted by molar-refractivity contribution is -0.0355. The fourth-order valence-electron chi connectivity index (χ4n) is 2.65. The monoisotopic (exact) mass is 393 g/mol. The topological polar surface area (TPSA) is 29.5 Å². The average Bonchev–Trinajstić information content (AvgIpc) is 2.81. The first-order chi connectivity index (χ1) is 8.61. The van der Waals surface area contributed by atoms with Crippen molar-refractivity contribution in [2.24, 2.45) is 0 Å². The average molecular weight is 395 g/mol. The van der Waals surface area contributed by atoms with E-state index >= 15 is 0 Å². The molecule has 2 unspecified atom stereocenters. The zero-order chi connectivity index (χ0) is 12.7. The summed E-state index contributed by atoms with van der Waals surface area (Å²) in [6, 6.07) is 1.89. The minimum atomic E-state index is 0.185. The number of nitrogens with zero attached hydrogens (tertiary/aromatic N) is 1. The van der Waals surface area contributed by atoms with Crippen molar-refractivity contribution in [3.05, 3.63) is 19.2 Å². The van der Waals surface area contributed by atoms with E-state index in [9.17, 15) is 4.79 Å². The molecular weight excluding hydrogens is 382 g/mol. The number of hydrogen-bond donors (Lipinski definition) is 0. The number of likely N-dealkylation sites (tertiary alicyclic amines) is 1. The Bertz CT molecular complexity index is 465.